The van der Waals surface area contributed by atoms with Crippen LogP contribution in [0.1, 0.15) is 15.9 Å². The zero-order valence-corrected chi connectivity index (χ0v) is 10.8. The summed E-state index contributed by atoms with van der Waals surface area (Å²) in [5, 5.41) is 15.8. The average Bonchev–Trinajstić information content (AvgIpc) is 2.74. The van der Waals surface area contributed by atoms with E-state index in [0.29, 0.717) is 22.1 Å². The lowest BCUT2D eigenvalue weighted by atomic mass is 10.2. The van der Waals surface area contributed by atoms with Gasteiger partial charge in [0.25, 0.3) is 5.91 Å². The van der Waals surface area contributed by atoms with Crippen LogP contribution >= 0.6 is 11.6 Å². The van der Waals surface area contributed by atoms with Gasteiger partial charge in [0.1, 0.15) is 17.5 Å². The third-order valence-corrected chi connectivity index (χ3v) is 2.89. The van der Waals surface area contributed by atoms with Crippen molar-refractivity contribution in [2.45, 2.75) is 0 Å². The molecular weight excluding hydrogens is 266 g/mol. The fraction of sp³-hybridized carbons (Fsp3) is 0.0833. The summed E-state index contributed by atoms with van der Waals surface area (Å²) in [6.45, 7) is 0. The zero-order chi connectivity index (χ0) is 14.0. The molecule has 1 aromatic heterocycles. The lowest BCUT2D eigenvalue weighted by Crippen LogP contribution is -2.15. The molecule has 1 amide bonds. The molecule has 2 rings (SSSR count). The van der Waals surface area contributed by atoms with E-state index in [-0.39, 0.29) is 11.5 Å². The molecule has 0 saturated heterocycles. The van der Waals surface area contributed by atoms with Crippen LogP contribution in [0, 0.1) is 11.3 Å². The molecular formula is C12H10ClN5O. The van der Waals surface area contributed by atoms with Crippen molar-refractivity contribution in [3.63, 3.8) is 0 Å². The number of carbonyl (C=O) groups is 1. The number of carbonyl (C=O) groups excluding carboxylic acids is 1. The van der Waals surface area contributed by atoms with E-state index >= 15 is 0 Å². The van der Waals surface area contributed by atoms with E-state index in [9.17, 15) is 4.79 Å². The van der Waals surface area contributed by atoms with Gasteiger partial charge >= 0.3 is 0 Å². The highest BCUT2D eigenvalue weighted by atomic mass is 35.5. The summed E-state index contributed by atoms with van der Waals surface area (Å²) >= 11 is 5.79. The topological polar surface area (TPSA) is 96.7 Å². The molecule has 0 spiro atoms. The first kappa shape index (κ1) is 12.9. The number of benzene rings is 1. The lowest BCUT2D eigenvalue weighted by Gasteiger charge is -2.07. The normalized spacial score (nSPS) is 9.95. The van der Waals surface area contributed by atoms with E-state index in [1.165, 1.54) is 16.9 Å². The van der Waals surface area contributed by atoms with Gasteiger partial charge in [-0.2, -0.15) is 10.4 Å². The second kappa shape index (κ2) is 5.00. The monoisotopic (exact) mass is 275 g/mol. The SMILES string of the molecule is Cn1ncc(C#N)c1NC(=O)c1ccc(Cl)c(N)c1. The van der Waals surface area contributed by atoms with E-state index in [1.54, 1.807) is 19.2 Å². The second-order valence-corrected chi connectivity index (χ2v) is 4.24. The molecule has 19 heavy (non-hydrogen) atoms. The molecule has 0 saturated carbocycles. The molecule has 1 heterocycles. The highest BCUT2D eigenvalue weighted by Gasteiger charge is 2.13. The van der Waals surface area contributed by atoms with E-state index in [2.05, 4.69) is 10.4 Å². The zero-order valence-electron chi connectivity index (χ0n) is 10.0. The minimum atomic E-state index is -0.386. The first-order valence-electron chi connectivity index (χ1n) is 5.31. The van der Waals surface area contributed by atoms with Crippen molar-refractivity contribution in [2.75, 3.05) is 11.1 Å². The van der Waals surface area contributed by atoms with Crippen LogP contribution < -0.4 is 11.1 Å². The maximum Gasteiger partial charge on any atom is 0.256 e. The highest BCUT2D eigenvalue weighted by Crippen LogP contribution is 2.20. The van der Waals surface area contributed by atoms with Crippen LogP contribution in [0.15, 0.2) is 24.4 Å². The summed E-state index contributed by atoms with van der Waals surface area (Å²) in [5.41, 5.74) is 6.60. The van der Waals surface area contributed by atoms with Crippen molar-refractivity contribution in [1.29, 1.82) is 5.26 Å². The Bertz CT molecular complexity index is 686. The van der Waals surface area contributed by atoms with Crippen molar-refractivity contribution in [3.8, 4) is 6.07 Å². The van der Waals surface area contributed by atoms with Gasteiger partial charge in [-0.1, -0.05) is 11.6 Å². The first-order valence-corrected chi connectivity index (χ1v) is 5.69. The summed E-state index contributed by atoms with van der Waals surface area (Å²) in [4.78, 5) is 12.0. The van der Waals surface area contributed by atoms with Gasteiger partial charge in [0.05, 0.1) is 16.9 Å². The number of anilines is 2. The molecule has 0 unspecified atom stereocenters. The van der Waals surface area contributed by atoms with Crippen LogP contribution in [0.4, 0.5) is 11.5 Å². The minimum absolute atomic E-state index is 0.290. The predicted octanol–water partition coefficient (Wildman–Crippen LogP) is 1.78. The van der Waals surface area contributed by atoms with Crippen molar-refractivity contribution in [2.24, 2.45) is 7.05 Å². The molecule has 0 aliphatic heterocycles. The standard InChI is InChI=1S/C12H10ClN5O/c1-18-11(8(5-14)6-16-18)17-12(19)7-2-3-9(13)10(15)4-7/h2-4,6H,15H2,1H3,(H,17,19). The number of halogens is 1. The third kappa shape index (κ3) is 2.51. The van der Waals surface area contributed by atoms with Gasteiger partial charge in [0, 0.05) is 12.6 Å². The molecule has 0 fully saturated rings. The van der Waals surface area contributed by atoms with Crippen molar-refractivity contribution in [1.82, 2.24) is 9.78 Å². The second-order valence-electron chi connectivity index (χ2n) is 3.83. The Hall–Kier alpha value is -2.52. The van der Waals surface area contributed by atoms with Crippen molar-refractivity contribution in [3.05, 3.63) is 40.5 Å². The maximum atomic E-state index is 12.0. The Labute approximate surface area is 114 Å². The highest BCUT2D eigenvalue weighted by molar-refractivity contribution is 6.33. The number of nitrogens with one attached hydrogen (secondary N) is 1. The number of amides is 1. The number of nitriles is 1. The molecule has 0 atom stereocenters. The number of aryl methyl sites for hydroxylation is 1. The van der Waals surface area contributed by atoms with E-state index < -0.39 is 0 Å². The Kier molecular flexibility index (Phi) is 3.40. The molecule has 6 nitrogen and oxygen atoms in total. The fourth-order valence-corrected chi connectivity index (χ4v) is 1.65. The lowest BCUT2D eigenvalue weighted by molar-refractivity contribution is 0.102. The van der Waals surface area contributed by atoms with Gasteiger partial charge < -0.3 is 11.1 Å². The van der Waals surface area contributed by atoms with E-state index in [0.717, 1.165) is 0 Å². The molecule has 0 bridgehead atoms. The van der Waals surface area contributed by atoms with Gasteiger partial charge in [0.15, 0.2) is 0 Å². The predicted molar refractivity (Wildman–Crippen MR) is 71.7 cm³/mol. The molecule has 96 valence electrons. The minimum Gasteiger partial charge on any atom is -0.398 e. The van der Waals surface area contributed by atoms with Crippen LogP contribution in [-0.2, 0) is 7.05 Å². The molecule has 2 aromatic rings. The third-order valence-electron chi connectivity index (χ3n) is 2.55. The molecule has 0 aliphatic carbocycles. The quantitative estimate of drug-likeness (QED) is 0.817. The number of hydrogen-bond donors (Lipinski definition) is 2. The smallest absolute Gasteiger partial charge is 0.256 e. The van der Waals surface area contributed by atoms with Crippen LogP contribution in [-0.4, -0.2) is 15.7 Å². The summed E-state index contributed by atoms with van der Waals surface area (Å²) in [6.07, 6.45) is 1.38. The van der Waals surface area contributed by atoms with Crippen molar-refractivity contribution < 1.29 is 4.79 Å². The van der Waals surface area contributed by atoms with Gasteiger partial charge in [-0.15, -0.1) is 0 Å². The summed E-state index contributed by atoms with van der Waals surface area (Å²) in [6, 6.07) is 6.52. The van der Waals surface area contributed by atoms with Crippen LogP contribution in [0.5, 0.6) is 0 Å². The molecule has 1 aromatic carbocycles. The maximum absolute atomic E-state index is 12.0. The summed E-state index contributed by atoms with van der Waals surface area (Å²) < 4.78 is 1.41. The average molecular weight is 276 g/mol. The van der Waals surface area contributed by atoms with Crippen LogP contribution in [0.2, 0.25) is 5.02 Å². The molecule has 0 radical (unpaired) electrons. The van der Waals surface area contributed by atoms with Crippen molar-refractivity contribution >= 4 is 29.0 Å². The van der Waals surface area contributed by atoms with Gasteiger partial charge in [-0.05, 0) is 18.2 Å². The van der Waals surface area contributed by atoms with E-state index in [4.69, 9.17) is 22.6 Å². The van der Waals surface area contributed by atoms with E-state index in [1.807, 2.05) is 6.07 Å². The molecule has 3 N–H and O–H groups in total. The molecule has 0 aliphatic rings. The van der Waals surface area contributed by atoms with Crippen LogP contribution in [0.3, 0.4) is 0 Å². The fourth-order valence-electron chi connectivity index (χ4n) is 1.53. The number of nitrogens with two attached hydrogens (primary N) is 1. The summed E-state index contributed by atoms with van der Waals surface area (Å²) in [5.74, 6) is -0.0514. The van der Waals surface area contributed by atoms with Gasteiger partial charge in [-0.25, -0.2) is 0 Å². The van der Waals surface area contributed by atoms with Crippen LogP contribution in [0.25, 0.3) is 0 Å². The Balaban J connectivity index is 2.28. The van der Waals surface area contributed by atoms with Gasteiger partial charge in [-0.3, -0.25) is 9.48 Å². The number of nitrogen functional groups attached to an aromatic ring is 1. The Morgan fingerprint density at radius 3 is 2.95 bits per heavy atom. The van der Waals surface area contributed by atoms with Gasteiger partial charge in [0.2, 0.25) is 0 Å². The number of rotatable bonds is 2. The number of nitrogens with zero attached hydrogens (tertiary/aromatic N) is 3. The summed E-state index contributed by atoms with van der Waals surface area (Å²) in [7, 11) is 1.63. The Morgan fingerprint density at radius 2 is 2.32 bits per heavy atom. The largest absolute Gasteiger partial charge is 0.398 e. The Morgan fingerprint density at radius 1 is 1.58 bits per heavy atom. The number of hydrogen-bond acceptors (Lipinski definition) is 4. The molecule has 7 heteroatoms. The number of aromatic nitrogens is 2. The first-order chi connectivity index (χ1) is 9.02.